The van der Waals surface area contributed by atoms with Crippen LogP contribution in [-0.4, -0.2) is 30.6 Å². The number of ether oxygens (including phenoxy) is 1. The van der Waals surface area contributed by atoms with Gasteiger partial charge in [-0.1, -0.05) is 54.2 Å². The number of amides is 2. The number of anilines is 1. The number of nitrogens with one attached hydrogen (secondary N) is 2. The van der Waals surface area contributed by atoms with Gasteiger partial charge in [-0.25, -0.2) is 0 Å². The molecule has 0 bridgehead atoms. The van der Waals surface area contributed by atoms with Crippen molar-refractivity contribution < 1.29 is 32.3 Å². The molecular weight excluding hydrogens is 471 g/mol. The number of hydrogen-bond acceptors (Lipinski definition) is 6. The molecule has 2 N–H and O–H groups in total. The normalized spacial score (nSPS) is 18.0. The number of hydrogen-bond donors (Lipinski definition) is 2. The van der Waals surface area contributed by atoms with Crippen LogP contribution in [0.25, 0.3) is 0 Å². The van der Waals surface area contributed by atoms with Crippen molar-refractivity contribution in [2.24, 2.45) is 5.92 Å². The largest absolute Gasteiger partial charge is 0.468 e. The van der Waals surface area contributed by atoms with E-state index in [1.807, 2.05) is 6.07 Å². The Bertz CT molecular complexity index is 1180. The SMILES string of the molecule is COC(=O)[C@H]1C(=O)NC(SCC(=O)Nc2ccccc2C(F)(F)F)=C(C#N)[C@@H]1c1ccccc1. The molecule has 0 saturated heterocycles. The van der Waals surface area contributed by atoms with Crippen LogP contribution in [0, 0.1) is 17.2 Å². The molecule has 2 atom stereocenters. The molecule has 1 heterocycles. The van der Waals surface area contributed by atoms with Gasteiger partial charge in [0.15, 0.2) is 0 Å². The number of carbonyl (C=O) groups excluding carboxylic acids is 3. The van der Waals surface area contributed by atoms with Gasteiger partial charge in [-0.05, 0) is 17.7 Å². The van der Waals surface area contributed by atoms with Crippen LogP contribution in [-0.2, 0) is 25.3 Å². The molecule has 0 spiro atoms. The fraction of sp³-hybridized carbons (Fsp3) is 0.217. The molecule has 34 heavy (non-hydrogen) atoms. The predicted octanol–water partition coefficient (Wildman–Crippen LogP) is 3.82. The number of thioether (sulfide) groups is 1. The first-order chi connectivity index (χ1) is 16.2. The molecule has 0 aliphatic carbocycles. The molecule has 176 valence electrons. The number of rotatable bonds is 6. The minimum Gasteiger partial charge on any atom is -0.468 e. The van der Waals surface area contributed by atoms with Crippen LogP contribution in [0.3, 0.4) is 0 Å². The van der Waals surface area contributed by atoms with Gasteiger partial charge < -0.3 is 15.4 Å². The predicted molar refractivity (Wildman–Crippen MR) is 118 cm³/mol. The quantitative estimate of drug-likeness (QED) is 0.472. The molecule has 0 radical (unpaired) electrons. The molecule has 0 fully saturated rings. The van der Waals surface area contributed by atoms with E-state index in [9.17, 15) is 32.8 Å². The van der Waals surface area contributed by atoms with Gasteiger partial charge in [-0.15, -0.1) is 0 Å². The molecule has 0 saturated carbocycles. The van der Waals surface area contributed by atoms with E-state index < -0.39 is 52.8 Å². The maximum Gasteiger partial charge on any atom is 0.418 e. The zero-order valence-electron chi connectivity index (χ0n) is 17.7. The molecule has 3 rings (SSSR count). The van der Waals surface area contributed by atoms with E-state index in [0.29, 0.717) is 5.56 Å². The number of alkyl halides is 3. The second kappa shape index (κ2) is 10.4. The number of allylic oxidation sites excluding steroid dienone is 1. The Hall–Kier alpha value is -3.78. The molecule has 7 nitrogen and oxygen atoms in total. The summed E-state index contributed by atoms with van der Waals surface area (Å²) < 4.78 is 44.2. The van der Waals surface area contributed by atoms with Crippen molar-refractivity contribution >= 4 is 35.2 Å². The second-order valence-corrected chi connectivity index (χ2v) is 8.10. The summed E-state index contributed by atoms with van der Waals surface area (Å²) >= 11 is 0.774. The number of methoxy groups -OCH3 is 1. The van der Waals surface area contributed by atoms with Crippen LogP contribution in [0.15, 0.2) is 65.2 Å². The van der Waals surface area contributed by atoms with E-state index in [0.717, 1.165) is 31.0 Å². The average Bonchev–Trinajstić information content (AvgIpc) is 2.82. The molecule has 1 aliphatic heterocycles. The van der Waals surface area contributed by atoms with Gasteiger partial charge in [0, 0.05) is 5.92 Å². The Morgan fingerprint density at radius 1 is 1.15 bits per heavy atom. The van der Waals surface area contributed by atoms with E-state index in [1.54, 1.807) is 30.3 Å². The van der Waals surface area contributed by atoms with Crippen LogP contribution in [0.1, 0.15) is 17.0 Å². The van der Waals surface area contributed by atoms with E-state index in [1.165, 1.54) is 12.1 Å². The third-order valence-corrected chi connectivity index (χ3v) is 6.01. The minimum atomic E-state index is -4.66. The molecule has 0 unspecified atom stereocenters. The van der Waals surface area contributed by atoms with Crippen LogP contribution in [0.2, 0.25) is 0 Å². The number of carbonyl (C=O) groups is 3. The summed E-state index contributed by atoms with van der Waals surface area (Å²) in [5.74, 6) is -4.98. The Labute approximate surface area is 197 Å². The Morgan fingerprint density at radius 3 is 2.41 bits per heavy atom. The number of nitrogens with zero attached hydrogens (tertiary/aromatic N) is 1. The van der Waals surface area contributed by atoms with Crippen molar-refractivity contribution in [2.75, 3.05) is 18.2 Å². The maximum atomic E-state index is 13.2. The van der Waals surface area contributed by atoms with Crippen molar-refractivity contribution in [3.05, 3.63) is 76.3 Å². The molecule has 2 aromatic carbocycles. The molecule has 11 heteroatoms. The summed E-state index contributed by atoms with van der Waals surface area (Å²) in [6.07, 6.45) is -4.66. The minimum absolute atomic E-state index is 0.0368. The van der Waals surface area contributed by atoms with Crippen LogP contribution in [0.5, 0.6) is 0 Å². The summed E-state index contributed by atoms with van der Waals surface area (Å²) in [5, 5.41) is 14.5. The van der Waals surface area contributed by atoms with Crippen LogP contribution < -0.4 is 10.6 Å². The van der Waals surface area contributed by atoms with Crippen molar-refractivity contribution in [1.29, 1.82) is 5.26 Å². The van der Waals surface area contributed by atoms with E-state index in [4.69, 9.17) is 4.74 Å². The van der Waals surface area contributed by atoms with Crippen LogP contribution in [0.4, 0.5) is 18.9 Å². The fourth-order valence-corrected chi connectivity index (χ4v) is 4.35. The van der Waals surface area contributed by atoms with Gasteiger partial charge in [0.2, 0.25) is 11.8 Å². The Morgan fingerprint density at radius 2 is 1.79 bits per heavy atom. The van der Waals surface area contributed by atoms with Gasteiger partial charge >= 0.3 is 12.1 Å². The highest BCUT2D eigenvalue weighted by Gasteiger charge is 2.44. The van der Waals surface area contributed by atoms with Crippen molar-refractivity contribution in [3.63, 3.8) is 0 Å². The van der Waals surface area contributed by atoms with E-state index >= 15 is 0 Å². The van der Waals surface area contributed by atoms with E-state index in [-0.39, 0.29) is 10.6 Å². The summed E-state index contributed by atoms with van der Waals surface area (Å²) in [5.41, 5.74) is -0.849. The molecule has 2 amide bonds. The third-order valence-electron chi connectivity index (χ3n) is 5.00. The lowest BCUT2D eigenvalue weighted by atomic mass is 9.78. The number of benzene rings is 2. The number of nitriles is 1. The summed E-state index contributed by atoms with van der Waals surface area (Å²) in [6, 6.07) is 14.9. The zero-order valence-corrected chi connectivity index (χ0v) is 18.5. The Balaban J connectivity index is 1.87. The summed E-state index contributed by atoms with van der Waals surface area (Å²) in [4.78, 5) is 37.5. The lowest BCUT2D eigenvalue weighted by Crippen LogP contribution is -2.44. The lowest BCUT2D eigenvalue weighted by molar-refractivity contribution is -0.150. The molecular formula is C23H18F3N3O4S. The highest BCUT2D eigenvalue weighted by atomic mass is 32.2. The van der Waals surface area contributed by atoms with Gasteiger partial charge in [0.25, 0.3) is 0 Å². The van der Waals surface area contributed by atoms with Gasteiger partial charge in [-0.2, -0.15) is 18.4 Å². The molecule has 1 aliphatic rings. The average molecular weight is 489 g/mol. The van der Waals surface area contributed by atoms with Crippen molar-refractivity contribution in [3.8, 4) is 6.07 Å². The lowest BCUT2D eigenvalue weighted by Gasteiger charge is -2.30. The van der Waals surface area contributed by atoms with Crippen molar-refractivity contribution in [2.45, 2.75) is 12.1 Å². The topological polar surface area (TPSA) is 108 Å². The highest BCUT2D eigenvalue weighted by Crippen LogP contribution is 2.40. The smallest absolute Gasteiger partial charge is 0.418 e. The first-order valence-electron chi connectivity index (χ1n) is 9.84. The standard InChI is InChI=1S/C23H18F3N3O4S/c1-33-22(32)19-18(13-7-3-2-4-8-13)14(11-27)21(29-20(19)31)34-12-17(30)28-16-10-6-5-9-15(16)23(24,25)26/h2-10,18-19H,12H2,1H3,(H,28,30)(H,29,31)/t18-,19+/m0/s1. The monoisotopic (exact) mass is 489 g/mol. The first-order valence-corrected chi connectivity index (χ1v) is 10.8. The van der Waals surface area contributed by atoms with E-state index in [2.05, 4.69) is 10.6 Å². The van der Waals surface area contributed by atoms with Crippen molar-refractivity contribution in [1.82, 2.24) is 5.32 Å². The third kappa shape index (κ3) is 5.40. The molecule has 0 aromatic heterocycles. The summed E-state index contributed by atoms with van der Waals surface area (Å²) in [7, 11) is 1.13. The zero-order chi connectivity index (χ0) is 24.9. The summed E-state index contributed by atoms with van der Waals surface area (Å²) in [6.45, 7) is 0. The number of esters is 1. The van der Waals surface area contributed by atoms with Gasteiger partial charge in [-0.3, -0.25) is 14.4 Å². The number of para-hydroxylation sites is 1. The van der Waals surface area contributed by atoms with Gasteiger partial charge in [0.1, 0.15) is 5.92 Å². The van der Waals surface area contributed by atoms with Crippen LogP contribution >= 0.6 is 11.8 Å². The Kier molecular flexibility index (Phi) is 7.63. The first kappa shape index (κ1) is 24.9. The fourth-order valence-electron chi connectivity index (χ4n) is 3.50. The van der Waals surface area contributed by atoms with Gasteiger partial charge in [0.05, 0.1) is 40.8 Å². The number of halogens is 3. The maximum absolute atomic E-state index is 13.2. The molecule has 2 aromatic rings. The second-order valence-electron chi connectivity index (χ2n) is 7.11. The highest BCUT2D eigenvalue weighted by molar-refractivity contribution is 8.03.